The molecule has 2 unspecified atom stereocenters. The molecular formula is C21H22F4N2O. The minimum atomic E-state index is -4.67. The Morgan fingerprint density at radius 2 is 1.71 bits per heavy atom. The molecule has 2 aromatic carbocycles. The summed E-state index contributed by atoms with van der Waals surface area (Å²) in [7, 11) is 0. The summed E-state index contributed by atoms with van der Waals surface area (Å²) in [6.07, 6.45) is -4.67. The lowest BCUT2D eigenvalue weighted by Gasteiger charge is -2.19. The number of benzene rings is 2. The Hall–Kier alpha value is -2.12. The summed E-state index contributed by atoms with van der Waals surface area (Å²) in [6, 6.07) is 12.8. The number of hydrogen-bond donors (Lipinski definition) is 1. The van der Waals surface area contributed by atoms with Gasteiger partial charge in [-0.15, -0.1) is 13.2 Å². The van der Waals surface area contributed by atoms with Crippen molar-refractivity contribution in [1.82, 2.24) is 10.2 Å². The standard InChI is InChI=1S/C21H22F4N2O/c22-16-5-1-4-15(7-16)11-27-12-19-18(20(19)13-27)10-26-9-14-3-2-6-17(8-14)28-21(23,24)25/h1-8,18-20,26H,9-13H2. The maximum Gasteiger partial charge on any atom is 0.573 e. The monoisotopic (exact) mass is 394 g/mol. The first-order valence-electron chi connectivity index (χ1n) is 9.39. The number of fused-ring (bicyclic) bond motifs is 1. The zero-order chi connectivity index (χ0) is 19.7. The van der Waals surface area contributed by atoms with E-state index in [4.69, 9.17) is 0 Å². The van der Waals surface area contributed by atoms with Crippen LogP contribution in [0.4, 0.5) is 17.6 Å². The Labute approximate surface area is 161 Å². The summed E-state index contributed by atoms with van der Waals surface area (Å²) in [5.74, 6) is 1.52. The molecule has 1 aliphatic carbocycles. The van der Waals surface area contributed by atoms with Crippen molar-refractivity contribution in [3.05, 3.63) is 65.5 Å². The number of ether oxygens (including phenoxy) is 1. The summed E-state index contributed by atoms with van der Waals surface area (Å²) in [4.78, 5) is 2.36. The largest absolute Gasteiger partial charge is 0.573 e. The molecule has 28 heavy (non-hydrogen) atoms. The van der Waals surface area contributed by atoms with Crippen molar-refractivity contribution >= 4 is 0 Å². The average Bonchev–Trinajstić information content (AvgIpc) is 3.06. The topological polar surface area (TPSA) is 24.5 Å². The summed E-state index contributed by atoms with van der Waals surface area (Å²) < 4.78 is 54.1. The average molecular weight is 394 g/mol. The van der Waals surface area contributed by atoms with Gasteiger partial charge >= 0.3 is 6.36 Å². The molecule has 2 aromatic rings. The van der Waals surface area contributed by atoms with Crippen LogP contribution in [0.15, 0.2) is 48.5 Å². The van der Waals surface area contributed by atoms with Crippen LogP contribution in [0.2, 0.25) is 0 Å². The van der Waals surface area contributed by atoms with Gasteiger partial charge in [0.2, 0.25) is 0 Å². The van der Waals surface area contributed by atoms with Crippen molar-refractivity contribution < 1.29 is 22.3 Å². The predicted molar refractivity (Wildman–Crippen MR) is 97.0 cm³/mol. The summed E-state index contributed by atoms with van der Waals surface area (Å²) in [6.45, 7) is 4.17. The minimum absolute atomic E-state index is 0.192. The molecule has 1 aliphatic heterocycles. The lowest BCUT2D eigenvalue weighted by Crippen LogP contribution is -2.27. The summed E-state index contributed by atoms with van der Waals surface area (Å²) in [5.41, 5.74) is 1.76. The van der Waals surface area contributed by atoms with E-state index in [-0.39, 0.29) is 11.6 Å². The Kier molecular flexibility index (Phi) is 5.29. The first-order chi connectivity index (χ1) is 13.4. The van der Waals surface area contributed by atoms with Crippen LogP contribution in [0.25, 0.3) is 0 Å². The van der Waals surface area contributed by atoms with Gasteiger partial charge in [-0.1, -0.05) is 24.3 Å². The SMILES string of the molecule is Fc1cccc(CN2CC3C(CNCc4cccc(OC(F)(F)F)c4)C3C2)c1. The molecule has 3 nitrogen and oxygen atoms in total. The highest BCUT2D eigenvalue weighted by atomic mass is 19.4. The molecule has 4 rings (SSSR count). The number of halogens is 4. The van der Waals surface area contributed by atoms with Gasteiger partial charge < -0.3 is 10.1 Å². The highest BCUT2D eigenvalue weighted by Crippen LogP contribution is 2.51. The van der Waals surface area contributed by atoms with E-state index in [1.54, 1.807) is 24.3 Å². The zero-order valence-electron chi connectivity index (χ0n) is 15.3. The third-order valence-electron chi connectivity index (χ3n) is 5.58. The van der Waals surface area contributed by atoms with Gasteiger partial charge in [0.25, 0.3) is 0 Å². The molecule has 0 radical (unpaired) electrons. The molecule has 150 valence electrons. The number of likely N-dealkylation sites (tertiary alicyclic amines) is 1. The van der Waals surface area contributed by atoms with Crippen LogP contribution >= 0.6 is 0 Å². The molecule has 0 aromatic heterocycles. The van der Waals surface area contributed by atoms with E-state index >= 15 is 0 Å². The lowest BCUT2D eigenvalue weighted by molar-refractivity contribution is -0.274. The number of rotatable bonds is 7. The van der Waals surface area contributed by atoms with Gasteiger partial charge in [0.05, 0.1) is 0 Å². The number of nitrogens with zero attached hydrogens (tertiary/aromatic N) is 1. The van der Waals surface area contributed by atoms with E-state index in [1.807, 2.05) is 6.07 Å². The molecule has 7 heteroatoms. The van der Waals surface area contributed by atoms with Gasteiger partial charge in [-0.2, -0.15) is 0 Å². The van der Waals surface area contributed by atoms with Crippen molar-refractivity contribution in [3.63, 3.8) is 0 Å². The fourth-order valence-electron chi connectivity index (χ4n) is 4.30. The quantitative estimate of drug-likeness (QED) is 0.713. The molecule has 1 saturated heterocycles. The second kappa shape index (κ2) is 7.72. The second-order valence-electron chi connectivity index (χ2n) is 7.64. The van der Waals surface area contributed by atoms with Crippen molar-refractivity contribution in [2.75, 3.05) is 19.6 Å². The Balaban J connectivity index is 1.19. The number of alkyl halides is 3. The first-order valence-corrected chi connectivity index (χ1v) is 9.39. The van der Waals surface area contributed by atoms with Gasteiger partial charge in [-0.3, -0.25) is 4.90 Å². The number of hydrogen-bond acceptors (Lipinski definition) is 3. The Morgan fingerprint density at radius 1 is 1.00 bits per heavy atom. The van der Waals surface area contributed by atoms with Crippen molar-refractivity contribution in [3.8, 4) is 5.75 Å². The smallest absolute Gasteiger partial charge is 0.406 e. The van der Waals surface area contributed by atoms with Gasteiger partial charge in [-0.25, -0.2) is 4.39 Å². The fourth-order valence-corrected chi connectivity index (χ4v) is 4.30. The maximum absolute atomic E-state index is 13.3. The molecule has 1 heterocycles. The summed E-state index contributed by atoms with van der Waals surface area (Å²) >= 11 is 0. The molecule has 0 spiro atoms. The Morgan fingerprint density at radius 3 is 2.43 bits per heavy atom. The van der Waals surface area contributed by atoms with Crippen LogP contribution in [0.5, 0.6) is 5.75 Å². The predicted octanol–water partition coefficient (Wildman–Crippen LogP) is 4.19. The summed E-state index contributed by atoms with van der Waals surface area (Å²) in [5, 5.41) is 3.35. The highest BCUT2D eigenvalue weighted by Gasteiger charge is 2.54. The van der Waals surface area contributed by atoms with E-state index in [0.717, 1.165) is 37.3 Å². The fraction of sp³-hybridized carbons (Fsp3) is 0.429. The van der Waals surface area contributed by atoms with Crippen LogP contribution < -0.4 is 10.1 Å². The highest BCUT2D eigenvalue weighted by molar-refractivity contribution is 5.28. The lowest BCUT2D eigenvalue weighted by atomic mass is 10.2. The van der Waals surface area contributed by atoms with E-state index in [1.165, 1.54) is 18.2 Å². The van der Waals surface area contributed by atoms with Crippen LogP contribution in [0.1, 0.15) is 11.1 Å². The molecule has 0 amide bonds. The van der Waals surface area contributed by atoms with E-state index < -0.39 is 6.36 Å². The Bertz CT molecular complexity index is 814. The van der Waals surface area contributed by atoms with Crippen molar-refractivity contribution in [1.29, 1.82) is 0 Å². The van der Waals surface area contributed by atoms with E-state index in [2.05, 4.69) is 15.0 Å². The molecule has 2 aliphatic rings. The van der Waals surface area contributed by atoms with Gasteiger partial charge in [0, 0.05) is 26.2 Å². The van der Waals surface area contributed by atoms with E-state index in [0.29, 0.717) is 24.3 Å². The normalized spacial score (nSPS) is 24.2. The third kappa shape index (κ3) is 4.83. The molecule has 2 atom stereocenters. The van der Waals surface area contributed by atoms with Crippen LogP contribution in [0, 0.1) is 23.6 Å². The molecule has 0 bridgehead atoms. The molecule has 1 N–H and O–H groups in total. The number of nitrogens with one attached hydrogen (secondary N) is 1. The number of piperidine rings is 1. The van der Waals surface area contributed by atoms with Gasteiger partial charge in [-0.05, 0) is 59.7 Å². The molecule has 1 saturated carbocycles. The van der Waals surface area contributed by atoms with Crippen LogP contribution in [0.3, 0.4) is 0 Å². The van der Waals surface area contributed by atoms with Crippen LogP contribution in [-0.2, 0) is 13.1 Å². The van der Waals surface area contributed by atoms with Crippen LogP contribution in [-0.4, -0.2) is 30.9 Å². The maximum atomic E-state index is 13.3. The van der Waals surface area contributed by atoms with E-state index in [9.17, 15) is 17.6 Å². The zero-order valence-corrected chi connectivity index (χ0v) is 15.3. The van der Waals surface area contributed by atoms with Gasteiger partial charge in [0.1, 0.15) is 11.6 Å². The minimum Gasteiger partial charge on any atom is -0.406 e. The second-order valence-corrected chi connectivity index (χ2v) is 7.64. The van der Waals surface area contributed by atoms with Gasteiger partial charge in [0.15, 0.2) is 0 Å². The van der Waals surface area contributed by atoms with Crippen molar-refractivity contribution in [2.24, 2.45) is 17.8 Å². The molecular weight excluding hydrogens is 372 g/mol. The third-order valence-corrected chi connectivity index (χ3v) is 5.58. The van der Waals surface area contributed by atoms with Crippen molar-refractivity contribution in [2.45, 2.75) is 19.5 Å². The molecule has 2 fully saturated rings. The first kappa shape index (κ1) is 19.2.